The van der Waals surface area contributed by atoms with Gasteiger partial charge < -0.3 is 15.4 Å². The second-order valence-corrected chi connectivity index (χ2v) is 8.42. The third-order valence-corrected chi connectivity index (χ3v) is 6.11. The molecule has 1 aliphatic carbocycles. The van der Waals surface area contributed by atoms with Gasteiger partial charge in [0.15, 0.2) is 11.5 Å². The highest BCUT2D eigenvalue weighted by Gasteiger charge is 2.40. The Hall–Kier alpha value is -2.41. The average molecular weight is 366 g/mol. The molecule has 1 saturated heterocycles. The fourth-order valence-electron chi connectivity index (χ4n) is 4.30. The van der Waals surface area contributed by atoms with Crippen LogP contribution in [0.2, 0.25) is 0 Å². The number of ether oxygens (including phenoxy) is 1. The molecule has 1 aliphatic heterocycles. The highest BCUT2D eigenvalue weighted by atomic mass is 16.5. The Morgan fingerprint density at radius 1 is 1.30 bits per heavy atom. The topological polar surface area (TPSA) is 81.6 Å². The van der Waals surface area contributed by atoms with Gasteiger partial charge in [-0.25, -0.2) is 9.97 Å². The van der Waals surface area contributed by atoms with E-state index in [0.717, 1.165) is 35.3 Å². The molecular weight excluding hydrogens is 340 g/mol. The van der Waals surface area contributed by atoms with Gasteiger partial charge in [-0.3, -0.25) is 0 Å². The van der Waals surface area contributed by atoms with E-state index < -0.39 is 0 Å². The number of methoxy groups -OCH3 is 1. The molecule has 142 valence electrons. The van der Waals surface area contributed by atoms with Gasteiger partial charge in [-0.15, -0.1) is 5.10 Å². The van der Waals surface area contributed by atoms with Crippen LogP contribution >= 0.6 is 0 Å². The summed E-state index contributed by atoms with van der Waals surface area (Å²) in [6.07, 6.45) is 5.03. The van der Waals surface area contributed by atoms with Gasteiger partial charge >= 0.3 is 0 Å². The molecule has 0 bridgehead atoms. The molecule has 0 amide bonds. The van der Waals surface area contributed by atoms with Crippen molar-refractivity contribution in [2.24, 2.45) is 5.41 Å². The smallest absolute Gasteiger partial charge is 0.223 e. The lowest BCUT2D eigenvalue weighted by Crippen LogP contribution is -2.38. The normalized spacial score (nSPS) is 22.4. The summed E-state index contributed by atoms with van der Waals surface area (Å²) in [7, 11) is 1.64. The van der Waals surface area contributed by atoms with Crippen LogP contribution in [0, 0.1) is 5.41 Å². The third kappa shape index (κ3) is 2.90. The summed E-state index contributed by atoms with van der Waals surface area (Å²) in [5.41, 5.74) is 8.22. The summed E-state index contributed by atoms with van der Waals surface area (Å²) in [5.74, 6) is 2.28. The van der Waals surface area contributed by atoms with E-state index in [1.165, 1.54) is 32.4 Å². The number of hydrogen-bond acceptors (Lipinski definition) is 6. The van der Waals surface area contributed by atoms with Gasteiger partial charge in [0.1, 0.15) is 11.3 Å². The van der Waals surface area contributed by atoms with Crippen molar-refractivity contribution in [1.82, 2.24) is 24.5 Å². The molecule has 27 heavy (non-hydrogen) atoms. The molecule has 1 aromatic carbocycles. The number of para-hydroxylation sites is 1. The highest BCUT2D eigenvalue weighted by molar-refractivity contribution is 5.95. The number of nitrogens with two attached hydrogens (primary N) is 1. The van der Waals surface area contributed by atoms with Crippen molar-refractivity contribution in [3.8, 4) is 5.75 Å². The van der Waals surface area contributed by atoms with Crippen LogP contribution in [0.3, 0.4) is 0 Å². The monoisotopic (exact) mass is 366 g/mol. The molecule has 1 saturated carbocycles. The number of fused-ring (bicyclic) bond motifs is 3. The van der Waals surface area contributed by atoms with E-state index in [1.54, 1.807) is 11.6 Å². The molecule has 7 nitrogen and oxygen atoms in total. The van der Waals surface area contributed by atoms with Crippen molar-refractivity contribution in [2.75, 3.05) is 32.5 Å². The van der Waals surface area contributed by atoms with Crippen molar-refractivity contribution in [1.29, 1.82) is 0 Å². The van der Waals surface area contributed by atoms with E-state index in [1.807, 2.05) is 18.2 Å². The van der Waals surface area contributed by atoms with Crippen LogP contribution in [0.1, 0.15) is 44.3 Å². The van der Waals surface area contributed by atoms with E-state index >= 15 is 0 Å². The second kappa shape index (κ2) is 6.05. The molecule has 2 aromatic heterocycles. The van der Waals surface area contributed by atoms with E-state index in [4.69, 9.17) is 20.6 Å². The Morgan fingerprint density at radius 3 is 2.93 bits per heavy atom. The molecule has 0 unspecified atom stereocenters. The maximum absolute atomic E-state index is 6.19. The summed E-state index contributed by atoms with van der Waals surface area (Å²) in [6, 6.07) is 5.84. The summed E-state index contributed by atoms with van der Waals surface area (Å²) in [4.78, 5) is 12.0. The number of anilines is 1. The van der Waals surface area contributed by atoms with Crippen LogP contribution in [0.25, 0.3) is 16.6 Å². The highest BCUT2D eigenvalue weighted by Crippen LogP contribution is 2.46. The van der Waals surface area contributed by atoms with Crippen LogP contribution in [0.15, 0.2) is 18.2 Å². The van der Waals surface area contributed by atoms with Gasteiger partial charge in [-0.1, -0.05) is 13.0 Å². The Morgan fingerprint density at radius 2 is 2.15 bits per heavy atom. The van der Waals surface area contributed by atoms with Gasteiger partial charge in [0.2, 0.25) is 5.95 Å². The largest absolute Gasteiger partial charge is 0.494 e. The zero-order valence-electron chi connectivity index (χ0n) is 16.0. The number of hydrogen-bond donors (Lipinski definition) is 1. The molecular formula is C20H26N6O. The first-order valence-corrected chi connectivity index (χ1v) is 9.77. The van der Waals surface area contributed by atoms with E-state index in [9.17, 15) is 0 Å². The lowest BCUT2D eigenvalue weighted by Gasteiger charge is -2.33. The summed E-state index contributed by atoms with van der Waals surface area (Å²) < 4.78 is 7.12. The molecule has 2 fully saturated rings. The molecule has 2 N–H and O–H groups in total. The number of aromatic nitrogens is 4. The number of rotatable bonds is 4. The maximum Gasteiger partial charge on any atom is 0.223 e. The lowest BCUT2D eigenvalue weighted by molar-refractivity contribution is 0.173. The quantitative estimate of drug-likeness (QED) is 0.765. The molecule has 3 heterocycles. The number of benzene rings is 1. The molecule has 0 spiro atoms. The van der Waals surface area contributed by atoms with E-state index in [2.05, 4.69) is 16.8 Å². The third-order valence-electron chi connectivity index (χ3n) is 6.11. The molecule has 2 aliphatic rings. The predicted molar refractivity (Wildman–Crippen MR) is 105 cm³/mol. The maximum atomic E-state index is 6.19. The first kappa shape index (κ1) is 16.7. The molecule has 1 atom stereocenters. The van der Waals surface area contributed by atoms with Crippen molar-refractivity contribution < 1.29 is 4.74 Å². The Balaban J connectivity index is 1.52. The molecule has 3 aromatic rings. The average Bonchev–Trinajstić information content (AvgIpc) is 3.21. The fraction of sp³-hybridized carbons (Fsp3) is 0.550. The SMILES string of the molecule is COc1cccc2c1nc(N)n1nc([C@@H]3CCCN(CC4(C)CC4)C3)nc21. The molecule has 0 radical (unpaired) electrons. The number of nitrogen functional groups attached to an aromatic ring is 1. The summed E-state index contributed by atoms with van der Waals surface area (Å²) in [5, 5.41) is 5.66. The van der Waals surface area contributed by atoms with Crippen LogP contribution in [-0.4, -0.2) is 51.2 Å². The van der Waals surface area contributed by atoms with E-state index in [-0.39, 0.29) is 0 Å². The minimum absolute atomic E-state index is 0.346. The standard InChI is InChI=1S/C20H26N6O/c1-20(8-9-20)12-25-10-4-5-13(11-25)17-23-18-14-6-3-7-15(27-2)16(14)22-19(21)26(18)24-17/h3,6-7,13H,4-5,8-12H2,1-2H3,(H2,21,22)/t13-/m1/s1. The Kier molecular flexibility index (Phi) is 3.75. The van der Waals surface area contributed by atoms with Crippen molar-refractivity contribution in [2.45, 2.75) is 38.5 Å². The lowest BCUT2D eigenvalue weighted by atomic mass is 9.96. The first-order chi connectivity index (χ1) is 13.1. The van der Waals surface area contributed by atoms with Gasteiger partial charge in [-0.2, -0.15) is 4.52 Å². The summed E-state index contributed by atoms with van der Waals surface area (Å²) in [6.45, 7) is 5.80. The second-order valence-electron chi connectivity index (χ2n) is 8.42. The van der Waals surface area contributed by atoms with Crippen molar-refractivity contribution >= 4 is 22.5 Å². The Labute approximate surface area is 158 Å². The molecule has 5 rings (SSSR count). The summed E-state index contributed by atoms with van der Waals surface area (Å²) >= 11 is 0. The van der Waals surface area contributed by atoms with Gasteiger partial charge in [0, 0.05) is 24.4 Å². The number of nitrogens with zero attached hydrogens (tertiary/aromatic N) is 5. The van der Waals surface area contributed by atoms with Gasteiger partial charge in [0.25, 0.3) is 0 Å². The van der Waals surface area contributed by atoms with Crippen LogP contribution in [0.5, 0.6) is 5.75 Å². The predicted octanol–water partition coefficient (Wildman–Crippen LogP) is 2.85. The minimum atomic E-state index is 0.346. The van der Waals surface area contributed by atoms with Crippen LogP contribution in [-0.2, 0) is 0 Å². The first-order valence-electron chi connectivity index (χ1n) is 9.77. The van der Waals surface area contributed by atoms with E-state index in [0.29, 0.717) is 23.0 Å². The van der Waals surface area contributed by atoms with Crippen molar-refractivity contribution in [3.63, 3.8) is 0 Å². The number of piperidine rings is 1. The van der Waals surface area contributed by atoms with Gasteiger partial charge in [0.05, 0.1) is 7.11 Å². The fourth-order valence-corrected chi connectivity index (χ4v) is 4.30. The molecule has 7 heteroatoms. The van der Waals surface area contributed by atoms with Crippen LogP contribution in [0.4, 0.5) is 5.95 Å². The minimum Gasteiger partial charge on any atom is -0.494 e. The zero-order valence-corrected chi connectivity index (χ0v) is 16.0. The zero-order chi connectivity index (χ0) is 18.6. The van der Waals surface area contributed by atoms with Crippen LogP contribution < -0.4 is 10.5 Å². The Bertz CT molecular complexity index is 1010. The van der Waals surface area contributed by atoms with Crippen molar-refractivity contribution in [3.05, 3.63) is 24.0 Å². The number of likely N-dealkylation sites (tertiary alicyclic amines) is 1. The van der Waals surface area contributed by atoms with Gasteiger partial charge in [-0.05, 0) is 49.8 Å².